The van der Waals surface area contributed by atoms with Crippen LogP contribution in [-0.2, 0) is 0 Å². The molecule has 1 aliphatic carbocycles. The van der Waals surface area contributed by atoms with Crippen LogP contribution < -0.4 is 0 Å². The number of pyridine rings is 1. The zero-order valence-electron chi connectivity index (χ0n) is 12.1. The Kier molecular flexibility index (Phi) is 3.19. The number of hydrogen-bond donors (Lipinski definition) is 0. The van der Waals surface area contributed by atoms with Gasteiger partial charge in [-0.05, 0) is 41.8 Å². The molecule has 1 aliphatic rings. The normalized spacial score (nSPS) is 15.6. The number of hydrogen-bond acceptors (Lipinski definition) is 1. The summed E-state index contributed by atoms with van der Waals surface area (Å²) >= 11 is 0. The van der Waals surface area contributed by atoms with Gasteiger partial charge in [-0.15, -0.1) is 0 Å². The molecule has 0 amide bonds. The second-order valence-electron chi connectivity index (χ2n) is 5.99. The van der Waals surface area contributed by atoms with Crippen LogP contribution in [0.1, 0.15) is 37.2 Å². The van der Waals surface area contributed by atoms with Crippen LogP contribution in [-0.4, -0.2) is 4.98 Å². The van der Waals surface area contributed by atoms with Crippen molar-refractivity contribution >= 4 is 10.8 Å². The Morgan fingerprint density at radius 3 is 2.48 bits per heavy atom. The minimum absolute atomic E-state index is 0.748. The van der Waals surface area contributed by atoms with Crippen molar-refractivity contribution in [2.75, 3.05) is 0 Å². The van der Waals surface area contributed by atoms with E-state index in [1.165, 1.54) is 47.6 Å². The molecule has 104 valence electrons. The largest absolute Gasteiger partial charge is 0.256 e. The molecule has 0 spiro atoms. The first-order valence-corrected chi connectivity index (χ1v) is 7.86. The lowest BCUT2D eigenvalue weighted by atomic mass is 9.94. The van der Waals surface area contributed by atoms with Crippen LogP contribution in [0.3, 0.4) is 0 Å². The van der Waals surface area contributed by atoms with Gasteiger partial charge >= 0.3 is 0 Å². The summed E-state index contributed by atoms with van der Waals surface area (Å²) in [6, 6.07) is 19.6. The lowest BCUT2D eigenvalue weighted by Gasteiger charge is -2.12. The Bertz CT molecular complexity index is 755. The Labute approximate surface area is 125 Å². The van der Waals surface area contributed by atoms with E-state index >= 15 is 0 Å². The summed E-state index contributed by atoms with van der Waals surface area (Å²) < 4.78 is 0. The van der Waals surface area contributed by atoms with Gasteiger partial charge in [-0.1, -0.05) is 55.3 Å². The summed E-state index contributed by atoms with van der Waals surface area (Å²) in [4.78, 5) is 4.64. The number of nitrogens with zero attached hydrogens (tertiary/aromatic N) is 1. The number of benzene rings is 2. The van der Waals surface area contributed by atoms with Gasteiger partial charge in [0.05, 0.1) is 5.69 Å². The molecule has 0 unspecified atom stereocenters. The SMILES string of the molecule is c1ccc(-c2nccc3ccc(C4CCCC4)cc23)cc1. The molecule has 0 aliphatic heterocycles. The minimum atomic E-state index is 0.748. The van der Waals surface area contributed by atoms with E-state index in [9.17, 15) is 0 Å². The third-order valence-corrected chi connectivity index (χ3v) is 4.66. The second kappa shape index (κ2) is 5.33. The van der Waals surface area contributed by atoms with E-state index < -0.39 is 0 Å². The molecule has 21 heavy (non-hydrogen) atoms. The molecule has 4 rings (SSSR count). The smallest absolute Gasteiger partial charge is 0.0780 e. The fourth-order valence-corrected chi connectivity index (χ4v) is 3.53. The van der Waals surface area contributed by atoms with Crippen molar-refractivity contribution in [1.29, 1.82) is 0 Å². The molecule has 0 atom stereocenters. The van der Waals surface area contributed by atoms with E-state index in [1.807, 2.05) is 6.20 Å². The second-order valence-corrected chi connectivity index (χ2v) is 5.99. The minimum Gasteiger partial charge on any atom is -0.256 e. The topological polar surface area (TPSA) is 12.9 Å². The molecule has 1 heterocycles. The molecular weight excluding hydrogens is 254 g/mol. The maximum absolute atomic E-state index is 4.64. The van der Waals surface area contributed by atoms with Gasteiger partial charge in [0, 0.05) is 17.1 Å². The molecule has 0 radical (unpaired) electrons. The molecule has 0 bridgehead atoms. The Hall–Kier alpha value is -2.15. The summed E-state index contributed by atoms with van der Waals surface area (Å²) in [5.41, 5.74) is 3.80. The predicted octanol–water partition coefficient (Wildman–Crippen LogP) is 5.56. The van der Waals surface area contributed by atoms with E-state index in [-0.39, 0.29) is 0 Å². The van der Waals surface area contributed by atoms with E-state index in [0.717, 1.165) is 11.6 Å². The first-order valence-electron chi connectivity index (χ1n) is 7.86. The van der Waals surface area contributed by atoms with Crippen LogP contribution in [0.25, 0.3) is 22.0 Å². The van der Waals surface area contributed by atoms with Gasteiger partial charge in [-0.2, -0.15) is 0 Å². The van der Waals surface area contributed by atoms with E-state index in [1.54, 1.807) is 0 Å². The highest BCUT2D eigenvalue weighted by Gasteiger charge is 2.17. The highest BCUT2D eigenvalue weighted by atomic mass is 14.7. The monoisotopic (exact) mass is 273 g/mol. The third-order valence-electron chi connectivity index (χ3n) is 4.66. The Morgan fingerprint density at radius 1 is 0.857 bits per heavy atom. The lowest BCUT2D eigenvalue weighted by molar-refractivity contribution is 0.724. The van der Waals surface area contributed by atoms with E-state index in [0.29, 0.717) is 0 Å². The Morgan fingerprint density at radius 2 is 1.67 bits per heavy atom. The fourth-order valence-electron chi connectivity index (χ4n) is 3.53. The molecule has 1 fully saturated rings. The van der Waals surface area contributed by atoms with Crippen LogP contribution >= 0.6 is 0 Å². The van der Waals surface area contributed by atoms with Gasteiger partial charge in [0.15, 0.2) is 0 Å². The van der Waals surface area contributed by atoms with Crippen molar-refractivity contribution in [2.24, 2.45) is 0 Å². The van der Waals surface area contributed by atoms with Crippen molar-refractivity contribution < 1.29 is 0 Å². The average molecular weight is 273 g/mol. The summed E-state index contributed by atoms with van der Waals surface area (Å²) in [5, 5.41) is 2.57. The van der Waals surface area contributed by atoms with Crippen molar-refractivity contribution in [1.82, 2.24) is 4.98 Å². The molecule has 0 N–H and O–H groups in total. The van der Waals surface area contributed by atoms with Crippen molar-refractivity contribution in [3.05, 3.63) is 66.4 Å². The maximum Gasteiger partial charge on any atom is 0.0780 e. The zero-order chi connectivity index (χ0) is 14.1. The van der Waals surface area contributed by atoms with Crippen LogP contribution in [0.15, 0.2) is 60.8 Å². The standard InChI is InChI=1S/C20H19N/c1-2-8-17(9-3-1)20-19-14-18(15-6-4-5-7-15)11-10-16(19)12-13-21-20/h1-3,8-15H,4-7H2. The van der Waals surface area contributed by atoms with Crippen molar-refractivity contribution in [3.8, 4) is 11.3 Å². The van der Waals surface area contributed by atoms with E-state index in [4.69, 9.17) is 0 Å². The first-order chi connectivity index (χ1) is 10.4. The average Bonchev–Trinajstić information content (AvgIpc) is 3.09. The van der Waals surface area contributed by atoms with Gasteiger partial charge in [0.2, 0.25) is 0 Å². The molecule has 3 aromatic rings. The number of aromatic nitrogens is 1. The predicted molar refractivity (Wildman–Crippen MR) is 88.4 cm³/mol. The molecule has 2 aromatic carbocycles. The van der Waals surface area contributed by atoms with Gasteiger partial charge in [0.25, 0.3) is 0 Å². The van der Waals surface area contributed by atoms with Crippen LogP contribution in [0, 0.1) is 0 Å². The highest BCUT2D eigenvalue weighted by Crippen LogP contribution is 2.36. The number of rotatable bonds is 2. The van der Waals surface area contributed by atoms with Crippen LogP contribution in [0.5, 0.6) is 0 Å². The summed E-state index contributed by atoms with van der Waals surface area (Å²) in [6.07, 6.45) is 7.35. The van der Waals surface area contributed by atoms with Crippen molar-refractivity contribution in [2.45, 2.75) is 31.6 Å². The molecule has 0 saturated heterocycles. The molecule has 1 saturated carbocycles. The van der Waals surface area contributed by atoms with Gasteiger partial charge in [-0.3, -0.25) is 4.98 Å². The molecular formula is C20H19N. The molecule has 1 heteroatoms. The van der Waals surface area contributed by atoms with Crippen molar-refractivity contribution in [3.63, 3.8) is 0 Å². The van der Waals surface area contributed by atoms with Gasteiger partial charge < -0.3 is 0 Å². The fraction of sp³-hybridized carbons (Fsp3) is 0.250. The first kappa shape index (κ1) is 12.6. The Balaban J connectivity index is 1.88. The third kappa shape index (κ3) is 2.33. The summed E-state index contributed by atoms with van der Waals surface area (Å²) in [6.45, 7) is 0. The maximum atomic E-state index is 4.64. The van der Waals surface area contributed by atoms with E-state index in [2.05, 4.69) is 59.6 Å². The number of fused-ring (bicyclic) bond motifs is 1. The highest BCUT2D eigenvalue weighted by molar-refractivity contribution is 5.94. The van der Waals surface area contributed by atoms with Crippen LogP contribution in [0.4, 0.5) is 0 Å². The lowest BCUT2D eigenvalue weighted by Crippen LogP contribution is -1.93. The summed E-state index contributed by atoms with van der Waals surface area (Å²) in [5.74, 6) is 0.748. The van der Waals surface area contributed by atoms with Gasteiger partial charge in [0.1, 0.15) is 0 Å². The van der Waals surface area contributed by atoms with Gasteiger partial charge in [-0.25, -0.2) is 0 Å². The quantitative estimate of drug-likeness (QED) is 0.595. The zero-order valence-corrected chi connectivity index (χ0v) is 12.1. The summed E-state index contributed by atoms with van der Waals surface area (Å²) in [7, 11) is 0. The molecule has 1 nitrogen and oxygen atoms in total. The van der Waals surface area contributed by atoms with Crippen LogP contribution in [0.2, 0.25) is 0 Å². The molecule has 1 aromatic heterocycles.